The predicted molar refractivity (Wildman–Crippen MR) is 122 cm³/mol. The molecule has 2 aliphatic heterocycles. The summed E-state index contributed by atoms with van der Waals surface area (Å²) < 4.78 is 40.1. The maximum atomic E-state index is 13.4. The molecule has 0 aliphatic carbocycles. The zero-order valence-corrected chi connectivity index (χ0v) is 19.0. The van der Waals surface area contributed by atoms with Crippen molar-refractivity contribution in [3.05, 3.63) is 70.8 Å². The third kappa shape index (κ3) is 5.12. The summed E-state index contributed by atoms with van der Waals surface area (Å²) in [6, 6.07) is 14.1. The number of alkyl halides is 3. The van der Waals surface area contributed by atoms with E-state index in [1.165, 1.54) is 38.3 Å². The van der Waals surface area contributed by atoms with Crippen LogP contribution in [0.25, 0.3) is 0 Å². The Morgan fingerprint density at radius 2 is 1.72 bits per heavy atom. The number of nitrogens with one attached hydrogen (secondary N) is 1. The molecule has 3 atom stereocenters. The van der Waals surface area contributed by atoms with Crippen LogP contribution >= 0.6 is 12.4 Å². The number of hydrogen-bond donors (Lipinski definition) is 1. The summed E-state index contributed by atoms with van der Waals surface area (Å²) in [7, 11) is 0. The Morgan fingerprint density at radius 3 is 2.44 bits per heavy atom. The quantitative estimate of drug-likeness (QED) is 0.572. The van der Waals surface area contributed by atoms with Crippen LogP contribution in [-0.4, -0.2) is 29.4 Å². The second kappa shape index (κ2) is 10.3. The van der Waals surface area contributed by atoms with Gasteiger partial charge >= 0.3 is 6.18 Å². The van der Waals surface area contributed by atoms with Crippen LogP contribution in [0.15, 0.2) is 48.5 Å². The maximum Gasteiger partial charge on any atom is 0.416 e. The van der Waals surface area contributed by atoms with E-state index in [2.05, 4.69) is 10.2 Å². The van der Waals surface area contributed by atoms with Crippen molar-refractivity contribution < 1.29 is 18.0 Å². The Labute approximate surface area is 193 Å². The van der Waals surface area contributed by atoms with E-state index in [-0.39, 0.29) is 35.6 Å². The highest BCUT2D eigenvalue weighted by Crippen LogP contribution is 2.37. The first-order valence-corrected chi connectivity index (χ1v) is 11.1. The average molecular weight is 467 g/mol. The van der Waals surface area contributed by atoms with Crippen LogP contribution in [0.3, 0.4) is 0 Å². The summed E-state index contributed by atoms with van der Waals surface area (Å²) in [6.07, 6.45) is 2.33. The van der Waals surface area contributed by atoms with E-state index in [9.17, 15) is 18.0 Å². The molecule has 0 saturated carbocycles. The normalized spacial score (nSPS) is 22.4. The van der Waals surface area contributed by atoms with Crippen molar-refractivity contribution in [2.75, 3.05) is 6.54 Å². The molecule has 0 bridgehead atoms. The molecule has 2 aromatic rings. The predicted octanol–water partition coefficient (Wildman–Crippen LogP) is 6.31. The second-order valence-corrected chi connectivity index (χ2v) is 8.72. The zero-order chi connectivity index (χ0) is 22.0. The van der Waals surface area contributed by atoms with Gasteiger partial charge < -0.3 is 5.32 Å². The number of piperidine rings is 2. The standard InChI is InChI=1S/C25H29F3N2O.ClH/c1-17-20(13-8-14-21(17)25(26,27)28)24(31)29-23(18-9-3-2-4-10-18)22-15-7-12-19-11-5-6-16-30(19)22;/h2-4,8-10,13-14,19,22-23H,5-7,11-12,15-16H2,1H3,(H,29,31);1H. The molecular weight excluding hydrogens is 437 g/mol. The van der Waals surface area contributed by atoms with E-state index in [4.69, 9.17) is 0 Å². The lowest BCUT2D eigenvalue weighted by molar-refractivity contribution is -0.138. The summed E-state index contributed by atoms with van der Waals surface area (Å²) in [5.74, 6) is -0.448. The van der Waals surface area contributed by atoms with Gasteiger partial charge in [-0.1, -0.05) is 49.2 Å². The average Bonchev–Trinajstić information content (AvgIpc) is 2.77. The lowest BCUT2D eigenvalue weighted by atomic mass is 9.84. The molecule has 1 N–H and O–H groups in total. The molecule has 3 nitrogen and oxygen atoms in total. The molecule has 2 aliphatic rings. The van der Waals surface area contributed by atoms with E-state index in [0.717, 1.165) is 37.4 Å². The molecule has 2 fully saturated rings. The van der Waals surface area contributed by atoms with Crippen LogP contribution < -0.4 is 5.32 Å². The summed E-state index contributed by atoms with van der Waals surface area (Å²) in [5.41, 5.74) is 0.294. The highest BCUT2D eigenvalue weighted by atomic mass is 35.5. The molecule has 4 rings (SSSR count). The van der Waals surface area contributed by atoms with Gasteiger partial charge in [0.15, 0.2) is 0 Å². The Kier molecular flexibility index (Phi) is 7.88. The number of halogens is 4. The topological polar surface area (TPSA) is 32.3 Å². The summed E-state index contributed by atoms with van der Waals surface area (Å²) >= 11 is 0. The maximum absolute atomic E-state index is 13.4. The molecule has 1 amide bonds. The van der Waals surface area contributed by atoms with Crippen molar-refractivity contribution in [3.63, 3.8) is 0 Å². The second-order valence-electron chi connectivity index (χ2n) is 8.72. The van der Waals surface area contributed by atoms with Gasteiger partial charge in [-0.05, 0) is 62.4 Å². The third-order valence-electron chi connectivity index (χ3n) is 6.85. The molecule has 174 valence electrons. The third-order valence-corrected chi connectivity index (χ3v) is 6.85. The number of carbonyl (C=O) groups excluding carboxylic acids is 1. The van der Waals surface area contributed by atoms with Crippen LogP contribution in [0.2, 0.25) is 0 Å². The van der Waals surface area contributed by atoms with Crippen LogP contribution in [0, 0.1) is 6.92 Å². The van der Waals surface area contributed by atoms with Gasteiger partial charge in [0.2, 0.25) is 0 Å². The molecule has 2 aromatic carbocycles. The smallest absolute Gasteiger partial charge is 0.344 e. The van der Waals surface area contributed by atoms with Gasteiger partial charge in [-0.2, -0.15) is 13.2 Å². The number of hydrogen-bond acceptors (Lipinski definition) is 2. The van der Waals surface area contributed by atoms with Gasteiger partial charge in [-0.15, -0.1) is 12.4 Å². The number of amides is 1. The molecule has 2 saturated heterocycles. The van der Waals surface area contributed by atoms with Crippen molar-refractivity contribution in [2.24, 2.45) is 0 Å². The zero-order valence-electron chi connectivity index (χ0n) is 18.2. The number of fused-ring (bicyclic) bond motifs is 1. The Balaban J connectivity index is 0.00000289. The van der Waals surface area contributed by atoms with Gasteiger partial charge in [-0.3, -0.25) is 9.69 Å². The number of rotatable bonds is 4. The molecule has 3 unspecified atom stereocenters. The molecule has 0 spiro atoms. The number of benzene rings is 2. The van der Waals surface area contributed by atoms with E-state index < -0.39 is 17.6 Å². The lowest BCUT2D eigenvalue weighted by Crippen LogP contribution is -2.54. The first-order valence-electron chi connectivity index (χ1n) is 11.1. The Bertz CT molecular complexity index is 917. The van der Waals surface area contributed by atoms with E-state index in [0.29, 0.717) is 6.04 Å². The molecule has 32 heavy (non-hydrogen) atoms. The Hall–Kier alpha value is -2.05. The highest BCUT2D eigenvalue weighted by molar-refractivity contribution is 5.96. The summed E-state index contributed by atoms with van der Waals surface area (Å²) in [5, 5.41) is 3.12. The van der Waals surface area contributed by atoms with Gasteiger partial charge in [0.1, 0.15) is 0 Å². The van der Waals surface area contributed by atoms with Crippen molar-refractivity contribution in [1.29, 1.82) is 0 Å². The van der Waals surface area contributed by atoms with Gasteiger partial charge in [0, 0.05) is 17.6 Å². The minimum Gasteiger partial charge on any atom is -0.344 e. The van der Waals surface area contributed by atoms with E-state index >= 15 is 0 Å². The van der Waals surface area contributed by atoms with Crippen LogP contribution in [0.4, 0.5) is 13.2 Å². The molecule has 0 radical (unpaired) electrons. The minimum absolute atomic E-state index is 0. The number of nitrogens with zero attached hydrogens (tertiary/aromatic N) is 1. The SMILES string of the molecule is Cc1c(C(=O)NC(c2ccccc2)C2CCCC3CCCCN32)cccc1C(F)(F)F.Cl. The van der Waals surface area contributed by atoms with Crippen molar-refractivity contribution >= 4 is 18.3 Å². The monoisotopic (exact) mass is 466 g/mol. The summed E-state index contributed by atoms with van der Waals surface area (Å²) in [6.45, 7) is 2.38. The molecular formula is C25H30ClF3N2O. The van der Waals surface area contributed by atoms with E-state index in [1.54, 1.807) is 0 Å². The van der Waals surface area contributed by atoms with Crippen molar-refractivity contribution in [2.45, 2.75) is 69.8 Å². The summed E-state index contributed by atoms with van der Waals surface area (Å²) in [4.78, 5) is 15.8. The van der Waals surface area contributed by atoms with Crippen molar-refractivity contribution in [1.82, 2.24) is 10.2 Å². The fourth-order valence-corrected chi connectivity index (χ4v) is 5.33. The highest BCUT2D eigenvalue weighted by Gasteiger charge is 2.38. The van der Waals surface area contributed by atoms with Gasteiger partial charge in [-0.25, -0.2) is 0 Å². The lowest BCUT2D eigenvalue weighted by Gasteiger charge is -2.48. The molecule has 7 heteroatoms. The Morgan fingerprint density at radius 1 is 1.00 bits per heavy atom. The first kappa shape index (κ1) is 24.6. The van der Waals surface area contributed by atoms with Crippen LogP contribution in [0.1, 0.15) is 71.6 Å². The largest absolute Gasteiger partial charge is 0.416 e. The number of carbonyl (C=O) groups is 1. The van der Waals surface area contributed by atoms with Gasteiger partial charge in [0.25, 0.3) is 5.91 Å². The fraction of sp³-hybridized carbons (Fsp3) is 0.480. The molecule has 0 aromatic heterocycles. The van der Waals surface area contributed by atoms with E-state index in [1.807, 2.05) is 30.3 Å². The van der Waals surface area contributed by atoms with Crippen LogP contribution in [0.5, 0.6) is 0 Å². The molecule has 2 heterocycles. The fourth-order valence-electron chi connectivity index (χ4n) is 5.33. The van der Waals surface area contributed by atoms with Crippen molar-refractivity contribution in [3.8, 4) is 0 Å². The minimum atomic E-state index is -4.48. The van der Waals surface area contributed by atoms with Crippen LogP contribution in [-0.2, 0) is 6.18 Å². The van der Waals surface area contributed by atoms with Gasteiger partial charge in [0.05, 0.1) is 11.6 Å². The first-order chi connectivity index (χ1) is 14.9.